The van der Waals surface area contributed by atoms with Gasteiger partial charge >= 0.3 is 0 Å². The number of nitrogens with zero attached hydrogens (tertiary/aromatic N) is 3. The van der Waals surface area contributed by atoms with Crippen molar-refractivity contribution in [3.8, 4) is 0 Å². The number of carbonyl (C=O) groups is 1. The average molecular weight is 375 g/mol. The van der Waals surface area contributed by atoms with E-state index in [9.17, 15) is 4.79 Å². The van der Waals surface area contributed by atoms with Crippen LogP contribution in [-0.4, -0.2) is 26.4 Å². The van der Waals surface area contributed by atoms with Gasteiger partial charge in [0, 0.05) is 18.7 Å². The number of anilines is 1. The number of benzene rings is 1. The largest absolute Gasteiger partial charge is 0.325 e. The third kappa shape index (κ3) is 6.48. The van der Waals surface area contributed by atoms with E-state index >= 15 is 0 Å². The first-order chi connectivity index (χ1) is 12.6. The van der Waals surface area contributed by atoms with E-state index in [1.54, 1.807) is 0 Å². The van der Waals surface area contributed by atoms with E-state index in [2.05, 4.69) is 33.9 Å². The summed E-state index contributed by atoms with van der Waals surface area (Å²) >= 11 is 1.45. The van der Waals surface area contributed by atoms with Crippen molar-refractivity contribution >= 4 is 23.4 Å². The lowest BCUT2D eigenvalue weighted by atomic mass is 10.1. The Balaban J connectivity index is 1.84. The van der Waals surface area contributed by atoms with E-state index in [0.717, 1.165) is 41.6 Å². The molecule has 5 nitrogen and oxygen atoms in total. The molecule has 1 aromatic heterocycles. The number of amides is 1. The molecule has 0 saturated carbocycles. The highest BCUT2D eigenvalue weighted by molar-refractivity contribution is 7.99. The van der Waals surface area contributed by atoms with Gasteiger partial charge in [-0.25, -0.2) is 0 Å². The lowest BCUT2D eigenvalue weighted by Gasteiger charge is -2.08. The van der Waals surface area contributed by atoms with Crippen molar-refractivity contribution < 1.29 is 4.79 Å². The molecule has 2 aromatic rings. The highest BCUT2D eigenvalue weighted by Crippen LogP contribution is 2.19. The minimum absolute atomic E-state index is 0.0210. The highest BCUT2D eigenvalue weighted by Gasteiger charge is 2.13. The molecule has 1 aromatic carbocycles. The summed E-state index contributed by atoms with van der Waals surface area (Å²) in [6.45, 7) is 7.17. The fourth-order valence-electron chi connectivity index (χ4n) is 2.87. The third-order valence-corrected chi connectivity index (χ3v) is 5.21. The fourth-order valence-corrected chi connectivity index (χ4v) is 3.69. The lowest BCUT2D eigenvalue weighted by Crippen LogP contribution is -2.14. The monoisotopic (exact) mass is 374 g/mol. The zero-order valence-electron chi connectivity index (χ0n) is 16.1. The third-order valence-electron chi connectivity index (χ3n) is 4.25. The molecule has 26 heavy (non-hydrogen) atoms. The summed E-state index contributed by atoms with van der Waals surface area (Å²) in [6, 6.07) is 7.82. The molecule has 0 saturated heterocycles. The molecule has 0 bridgehead atoms. The average Bonchev–Trinajstić information content (AvgIpc) is 3.01. The number of carbonyl (C=O) groups excluding carboxylic acids is 1. The Morgan fingerprint density at radius 1 is 1.15 bits per heavy atom. The van der Waals surface area contributed by atoms with E-state index in [-0.39, 0.29) is 5.91 Å². The summed E-state index contributed by atoms with van der Waals surface area (Å²) in [6.07, 6.45) is 7.20. The van der Waals surface area contributed by atoms with Gasteiger partial charge in [0.1, 0.15) is 5.82 Å². The highest BCUT2D eigenvalue weighted by atomic mass is 32.2. The van der Waals surface area contributed by atoms with Crippen molar-refractivity contribution in [2.45, 2.75) is 71.0 Å². The van der Waals surface area contributed by atoms with E-state index in [0.29, 0.717) is 5.75 Å². The molecular weight excluding hydrogens is 344 g/mol. The Hall–Kier alpha value is -1.82. The van der Waals surface area contributed by atoms with E-state index in [1.807, 2.05) is 31.2 Å². The second-order valence-corrected chi connectivity index (χ2v) is 7.46. The van der Waals surface area contributed by atoms with Crippen LogP contribution in [0.15, 0.2) is 29.4 Å². The molecule has 142 valence electrons. The van der Waals surface area contributed by atoms with Gasteiger partial charge in [-0.1, -0.05) is 56.5 Å². The number of aromatic nitrogens is 3. The van der Waals surface area contributed by atoms with Crippen molar-refractivity contribution in [3.63, 3.8) is 0 Å². The van der Waals surface area contributed by atoms with Crippen LogP contribution in [0.25, 0.3) is 0 Å². The Morgan fingerprint density at radius 2 is 1.96 bits per heavy atom. The smallest absolute Gasteiger partial charge is 0.234 e. The first kappa shape index (κ1) is 20.5. The molecule has 0 atom stereocenters. The van der Waals surface area contributed by atoms with Gasteiger partial charge in [-0.3, -0.25) is 4.79 Å². The van der Waals surface area contributed by atoms with Crippen LogP contribution < -0.4 is 5.32 Å². The summed E-state index contributed by atoms with van der Waals surface area (Å²) in [5.74, 6) is 1.35. The summed E-state index contributed by atoms with van der Waals surface area (Å²) in [7, 11) is 0. The molecular formula is C20H30N4OS. The summed E-state index contributed by atoms with van der Waals surface area (Å²) in [4.78, 5) is 12.2. The molecule has 1 N–H and O–H groups in total. The number of hydrogen-bond acceptors (Lipinski definition) is 4. The van der Waals surface area contributed by atoms with Gasteiger partial charge in [0.15, 0.2) is 5.16 Å². The maximum atomic E-state index is 12.2. The molecule has 0 aliphatic rings. The van der Waals surface area contributed by atoms with Crippen molar-refractivity contribution in [1.29, 1.82) is 0 Å². The van der Waals surface area contributed by atoms with Gasteiger partial charge in [0.25, 0.3) is 0 Å². The second-order valence-electron chi connectivity index (χ2n) is 6.51. The second kappa shape index (κ2) is 11.0. The van der Waals surface area contributed by atoms with Crippen LogP contribution in [0.4, 0.5) is 5.69 Å². The van der Waals surface area contributed by atoms with Crippen LogP contribution in [0.5, 0.6) is 0 Å². The Labute approximate surface area is 161 Å². The normalized spacial score (nSPS) is 10.9. The van der Waals surface area contributed by atoms with Gasteiger partial charge < -0.3 is 9.88 Å². The minimum Gasteiger partial charge on any atom is -0.325 e. The van der Waals surface area contributed by atoms with E-state index in [4.69, 9.17) is 0 Å². The molecule has 6 heteroatoms. The van der Waals surface area contributed by atoms with Crippen LogP contribution in [0.2, 0.25) is 0 Å². The van der Waals surface area contributed by atoms with Gasteiger partial charge in [-0.15, -0.1) is 10.2 Å². The maximum Gasteiger partial charge on any atom is 0.234 e. The molecule has 2 rings (SSSR count). The molecule has 0 aliphatic heterocycles. The Kier molecular flexibility index (Phi) is 8.68. The summed E-state index contributed by atoms with van der Waals surface area (Å²) in [5, 5.41) is 12.4. The topological polar surface area (TPSA) is 59.8 Å². The number of hydrogen-bond donors (Lipinski definition) is 1. The van der Waals surface area contributed by atoms with Gasteiger partial charge in [0.05, 0.1) is 5.75 Å². The molecule has 0 unspecified atom stereocenters. The van der Waals surface area contributed by atoms with Crippen LogP contribution in [0, 0.1) is 6.92 Å². The maximum absolute atomic E-state index is 12.2. The zero-order valence-corrected chi connectivity index (χ0v) is 16.9. The fraction of sp³-hybridized carbons (Fsp3) is 0.550. The predicted octanol–water partition coefficient (Wildman–Crippen LogP) is 4.85. The van der Waals surface area contributed by atoms with E-state index in [1.165, 1.54) is 37.4 Å². The molecule has 0 fully saturated rings. The summed E-state index contributed by atoms with van der Waals surface area (Å²) in [5.41, 5.74) is 1.96. The van der Waals surface area contributed by atoms with Crippen LogP contribution in [-0.2, 0) is 17.8 Å². The van der Waals surface area contributed by atoms with Crippen molar-refractivity contribution in [3.05, 3.63) is 35.7 Å². The lowest BCUT2D eigenvalue weighted by molar-refractivity contribution is -0.113. The molecule has 0 spiro atoms. The van der Waals surface area contributed by atoms with Crippen LogP contribution >= 0.6 is 11.8 Å². The van der Waals surface area contributed by atoms with Gasteiger partial charge in [-0.2, -0.15) is 0 Å². The molecule has 1 amide bonds. The van der Waals surface area contributed by atoms with Gasteiger partial charge in [-0.05, 0) is 38.0 Å². The van der Waals surface area contributed by atoms with Gasteiger partial charge in [0.2, 0.25) is 5.91 Å². The van der Waals surface area contributed by atoms with E-state index < -0.39 is 0 Å². The quantitative estimate of drug-likeness (QED) is 0.451. The summed E-state index contributed by atoms with van der Waals surface area (Å²) < 4.78 is 2.13. The van der Waals surface area contributed by atoms with Crippen LogP contribution in [0.1, 0.15) is 57.3 Å². The zero-order chi connectivity index (χ0) is 18.8. The number of unbranched alkanes of at least 4 members (excludes halogenated alkanes) is 4. The van der Waals surface area contributed by atoms with Crippen molar-refractivity contribution in [2.75, 3.05) is 11.1 Å². The molecule has 1 heterocycles. The van der Waals surface area contributed by atoms with Crippen LogP contribution in [0.3, 0.4) is 0 Å². The minimum atomic E-state index is -0.0210. The number of rotatable bonds is 11. The number of aryl methyl sites for hydroxylation is 2. The number of nitrogens with one attached hydrogen (secondary N) is 1. The molecule has 0 radical (unpaired) electrons. The first-order valence-corrected chi connectivity index (χ1v) is 10.5. The predicted molar refractivity (Wildman–Crippen MR) is 109 cm³/mol. The first-order valence-electron chi connectivity index (χ1n) is 9.55. The standard InChI is InChI=1S/C20H30N4OS/c1-4-6-7-8-9-13-18-22-23-20(24(18)5-2)26-15-19(25)21-17-12-10-11-16(3)14-17/h10-12,14H,4-9,13,15H2,1-3H3,(H,21,25). The number of thioether (sulfide) groups is 1. The SMILES string of the molecule is CCCCCCCc1nnc(SCC(=O)Nc2cccc(C)c2)n1CC. The van der Waals surface area contributed by atoms with Crippen molar-refractivity contribution in [1.82, 2.24) is 14.8 Å². The molecule has 0 aliphatic carbocycles. The van der Waals surface area contributed by atoms with Crippen molar-refractivity contribution in [2.24, 2.45) is 0 Å². The Bertz CT molecular complexity index is 699. The Morgan fingerprint density at radius 3 is 2.69 bits per heavy atom.